The normalized spacial score (nSPS) is 14.4. The van der Waals surface area contributed by atoms with E-state index >= 15 is 0 Å². The van der Waals surface area contributed by atoms with E-state index in [2.05, 4.69) is 25.8 Å². The van der Waals surface area contributed by atoms with E-state index < -0.39 is 11.8 Å². The minimum atomic E-state index is -1.42. The molecule has 0 radical (unpaired) electrons. The third-order valence-corrected chi connectivity index (χ3v) is 3.54. The number of rotatable bonds is 2. The average molecular weight is 314 g/mol. The van der Waals surface area contributed by atoms with Gasteiger partial charge in [0.1, 0.15) is 18.6 Å². The van der Waals surface area contributed by atoms with Gasteiger partial charge in [0.25, 0.3) is 0 Å². The van der Waals surface area contributed by atoms with Gasteiger partial charge < -0.3 is 0 Å². The first-order valence-electron chi connectivity index (χ1n) is 9.10. The van der Waals surface area contributed by atoms with E-state index in [1.807, 2.05) is 63.8 Å². The van der Waals surface area contributed by atoms with Crippen molar-refractivity contribution in [2.75, 3.05) is 0 Å². The third-order valence-electron chi connectivity index (χ3n) is 3.54. The summed E-state index contributed by atoms with van der Waals surface area (Å²) in [7, 11) is 1.94. The molecule has 23 heavy (non-hydrogen) atoms. The van der Waals surface area contributed by atoms with Crippen LogP contribution >= 0.6 is 0 Å². The van der Waals surface area contributed by atoms with E-state index in [1.165, 1.54) is 0 Å². The van der Waals surface area contributed by atoms with Crippen LogP contribution in [0.2, 0.25) is 0 Å². The van der Waals surface area contributed by atoms with Crippen LogP contribution in [0.3, 0.4) is 0 Å². The van der Waals surface area contributed by atoms with Gasteiger partial charge in [-0.1, -0.05) is 41.5 Å². The van der Waals surface area contributed by atoms with Crippen molar-refractivity contribution in [1.29, 1.82) is 0 Å². The number of nitrogens with zero attached hydrogens (tertiary/aromatic N) is 3. The van der Waals surface area contributed by atoms with Crippen LogP contribution in [0.1, 0.15) is 61.2 Å². The maximum Gasteiger partial charge on any atom is 0.231 e. The molecule has 0 aliphatic carbocycles. The Hall–Kier alpha value is -1.77. The summed E-state index contributed by atoms with van der Waals surface area (Å²) in [5.41, 5.74) is 2.93. The highest BCUT2D eigenvalue weighted by Crippen LogP contribution is 2.24. The van der Waals surface area contributed by atoms with E-state index in [-0.39, 0.29) is 5.41 Å². The van der Waals surface area contributed by atoms with Crippen LogP contribution in [0, 0.1) is 12.3 Å². The molecule has 2 aromatic heterocycles. The number of aromatic nitrogens is 3. The summed E-state index contributed by atoms with van der Waals surface area (Å²) < 4.78 is 18.9. The molecule has 3 heteroatoms. The van der Waals surface area contributed by atoms with Gasteiger partial charge in [-0.05, 0) is 30.3 Å². The van der Waals surface area contributed by atoms with E-state index in [9.17, 15) is 0 Å². The van der Waals surface area contributed by atoms with Crippen molar-refractivity contribution in [1.82, 2.24) is 9.97 Å². The van der Waals surface area contributed by atoms with Gasteiger partial charge in [0.2, 0.25) is 5.69 Å². The number of hydrogen-bond donors (Lipinski definition) is 0. The molecule has 0 fully saturated rings. The van der Waals surface area contributed by atoms with Gasteiger partial charge in [-0.25, -0.2) is 9.97 Å². The van der Waals surface area contributed by atoms with Crippen molar-refractivity contribution >= 4 is 0 Å². The summed E-state index contributed by atoms with van der Waals surface area (Å²) >= 11 is 0. The fraction of sp³-hybridized carbons (Fsp3) is 0.550. The van der Waals surface area contributed by atoms with Crippen LogP contribution in [0.4, 0.5) is 0 Å². The first kappa shape index (κ1) is 14.8. The van der Waals surface area contributed by atoms with E-state index in [0.717, 1.165) is 22.8 Å². The molecule has 2 aromatic rings. The quantitative estimate of drug-likeness (QED) is 0.779. The molecule has 0 saturated heterocycles. The highest BCUT2D eigenvalue weighted by molar-refractivity contribution is 5.55. The summed E-state index contributed by atoms with van der Waals surface area (Å²) in [5, 5.41) is 0. The zero-order valence-corrected chi connectivity index (χ0v) is 15.7. The minimum Gasteiger partial charge on any atom is -0.240 e. The Morgan fingerprint density at radius 2 is 1.78 bits per heavy atom. The van der Waals surface area contributed by atoms with Crippen molar-refractivity contribution < 1.29 is 7.31 Å². The Bertz CT molecular complexity index is 785. The Morgan fingerprint density at radius 1 is 1.13 bits per heavy atom. The van der Waals surface area contributed by atoms with Crippen LogP contribution in [-0.4, -0.2) is 9.97 Å². The van der Waals surface area contributed by atoms with E-state index in [0.29, 0.717) is 5.56 Å². The fourth-order valence-corrected chi connectivity index (χ4v) is 2.42. The molecule has 0 saturated carbocycles. The number of hydrogen-bond acceptors (Lipinski definition) is 2. The van der Waals surface area contributed by atoms with Gasteiger partial charge in [0.15, 0.2) is 6.20 Å². The Kier molecular flexibility index (Phi) is 3.88. The lowest BCUT2D eigenvalue weighted by atomic mass is 9.88. The maximum atomic E-state index is 8.48. The standard InChI is InChI=1S/C20H30N3/c1-14-12-21-18(20(5,6)7)22-17(14)16-10-9-15(13-23(16)8)11-19(2,3)4/h9-10,12-13H,11H2,1-8H3/q+1/i11D2. The van der Waals surface area contributed by atoms with Crippen LogP contribution in [-0.2, 0) is 18.8 Å². The van der Waals surface area contributed by atoms with Crippen molar-refractivity contribution in [3.8, 4) is 11.4 Å². The molecule has 3 nitrogen and oxygen atoms in total. The summed E-state index contributed by atoms with van der Waals surface area (Å²) in [4.78, 5) is 9.26. The topological polar surface area (TPSA) is 29.7 Å². The highest BCUT2D eigenvalue weighted by Gasteiger charge is 2.22. The minimum absolute atomic E-state index is 0.120. The lowest BCUT2D eigenvalue weighted by molar-refractivity contribution is -0.661. The largest absolute Gasteiger partial charge is 0.240 e. The molecule has 2 heterocycles. The maximum absolute atomic E-state index is 8.48. The molecule has 0 aromatic carbocycles. The molecular formula is C20H30N3+. The predicted molar refractivity (Wildman–Crippen MR) is 95.2 cm³/mol. The lowest BCUT2D eigenvalue weighted by Crippen LogP contribution is -2.32. The van der Waals surface area contributed by atoms with Crippen molar-refractivity contribution in [3.05, 3.63) is 41.5 Å². The zero-order valence-electron chi connectivity index (χ0n) is 17.7. The van der Waals surface area contributed by atoms with Crippen molar-refractivity contribution in [3.63, 3.8) is 0 Å². The molecule has 0 spiro atoms. The summed E-state index contributed by atoms with van der Waals surface area (Å²) in [6.45, 7) is 14.1. The predicted octanol–water partition coefficient (Wildman–Crippen LogP) is 4.16. The molecule has 2 rings (SSSR count). The zero-order chi connectivity index (χ0) is 19.2. The van der Waals surface area contributed by atoms with Crippen molar-refractivity contribution in [2.45, 2.75) is 60.3 Å². The monoisotopic (exact) mass is 314 g/mol. The first-order chi connectivity index (χ1) is 11.2. The van der Waals surface area contributed by atoms with Gasteiger partial charge in [0, 0.05) is 26.0 Å². The number of pyridine rings is 1. The molecular weight excluding hydrogens is 282 g/mol. The average Bonchev–Trinajstić information content (AvgIpc) is 2.45. The van der Waals surface area contributed by atoms with Crippen molar-refractivity contribution in [2.24, 2.45) is 12.5 Å². The molecule has 0 amide bonds. The Morgan fingerprint density at radius 3 is 2.30 bits per heavy atom. The fourth-order valence-electron chi connectivity index (χ4n) is 2.42. The molecule has 124 valence electrons. The first-order valence-corrected chi connectivity index (χ1v) is 8.10. The van der Waals surface area contributed by atoms with Gasteiger partial charge in [-0.3, -0.25) is 0 Å². The van der Waals surface area contributed by atoms with E-state index in [1.54, 1.807) is 0 Å². The second-order valence-corrected chi connectivity index (χ2v) is 8.26. The molecule has 0 N–H and O–H groups in total. The Labute approximate surface area is 143 Å². The summed E-state index contributed by atoms with van der Waals surface area (Å²) in [6.07, 6.45) is 2.32. The second kappa shape index (κ2) is 6.03. The summed E-state index contributed by atoms with van der Waals surface area (Å²) in [5.74, 6) is 0.808. The molecule has 0 aliphatic heterocycles. The lowest BCUT2D eigenvalue weighted by Gasteiger charge is -2.18. The molecule has 0 bridgehead atoms. The Balaban J connectivity index is 2.57. The highest BCUT2D eigenvalue weighted by atomic mass is 15.0. The summed E-state index contributed by atoms with van der Waals surface area (Å²) in [6, 6.07) is 3.83. The van der Waals surface area contributed by atoms with E-state index in [4.69, 9.17) is 7.73 Å². The van der Waals surface area contributed by atoms with Crippen LogP contribution < -0.4 is 4.57 Å². The molecule has 0 atom stereocenters. The second-order valence-electron chi connectivity index (χ2n) is 8.26. The number of aryl methyl sites for hydroxylation is 2. The smallest absolute Gasteiger partial charge is 0.231 e. The van der Waals surface area contributed by atoms with Crippen LogP contribution in [0.15, 0.2) is 24.5 Å². The van der Waals surface area contributed by atoms with Crippen LogP contribution in [0.25, 0.3) is 11.4 Å². The van der Waals surface area contributed by atoms with Gasteiger partial charge in [-0.15, -0.1) is 0 Å². The molecule has 0 unspecified atom stereocenters. The van der Waals surface area contributed by atoms with Gasteiger partial charge >= 0.3 is 0 Å². The van der Waals surface area contributed by atoms with Gasteiger partial charge in [0.05, 0.1) is 0 Å². The van der Waals surface area contributed by atoms with Crippen LogP contribution in [0.5, 0.6) is 0 Å². The SMILES string of the molecule is [2H]C([2H])(c1ccc(-c2nc(C(C)(C)C)ncc2C)[n+](C)c1)C(C)(C)C. The van der Waals surface area contributed by atoms with Gasteiger partial charge in [-0.2, -0.15) is 4.57 Å². The third kappa shape index (κ3) is 4.37. The molecule has 0 aliphatic rings.